The van der Waals surface area contributed by atoms with Crippen LogP contribution in [0.1, 0.15) is 32.6 Å². The Bertz CT molecular complexity index is 445. The summed E-state index contributed by atoms with van der Waals surface area (Å²) in [6.07, 6.45) is 7.68. The maximum atomic E-state index is 12.6. The summed E-state index contributed by atoms with van der Waals surface area (Å²) >= 11 is 0. The molecule has 0 radical (unpaired) electrons. The molecule has 0 aromatic rings. The van der Waals surface area contributed by atoms with Crippen molar-refractivity contribution in [3.8, 4) is 0 Å². The van der Waals surface area contributed by atoms with Crippen molar-refractivity contribution in [1.82, 2.24) is 4.90 Å². The molecule has 1 saturated carbocycles. The lowest BCUT2D eigenvalue weighted by molar-refractivity contribution is -0.149. The Balaban J connectivity index is 1.70. The molecule has 1 aliphatic heterocycles. The summed E-state index contributed by atoms with van der Waals surface area (Å²) in [6.45, 7) is 2.91. The molecule has 2 bridgehead atoms. The molecule has 0 aromatic heterocycles. The van der Waals surface area contributed by atoms with Crippen LogP contribution in [-0.2, 0) is 9.59 Å². The summed E-state index contributed by atoms with van der Waals surface area (Å²) in [5.74, 6) is 0.527. The van der Waals surface area contributed by atoms with Crippen LogP contribution in [0.15, 0.2) is 12.2 Å². The van der Waals surface area contributed by atoms with Crippen LogP contribution >= 0.6 is 0 Å². The van der Waals surface area contributed by atoms with Crippen LogP contribution < -0.4 is 0 Å². The van der Waals surface area contributed by atoms with Gasteiger partial charge in [0.1, 0.15) is 0 Å². The third-order valence-electron chi connectivity index (χ3n) is 5.39. The van der Waals surface area contributed by atoms with Crippen molar-refractivity contribution in [2.45, 2.75) is 32.6 Å². The molecule has 4 heteroatoms. The number of amides is 1. The predicted molar refractivity (Wildman–Crippen MR) is 70.4 cm³/mol. The molecule has 4 nitrogen and oxygen atoms in total. The van der Waals surface area contributed by atoms with Gasteiger partial charge in [0.05, 0.1) is 5.41 Å². The standard InChI is InChI=1S/C15H21NO3/c1-2-15(14(18)19)5-6-16(9-15)13(17)12-8-10-3-4-11(12)7-10/h3-4,10-12H,2,5-9H2,1H3,(H,18,19). The monoisotopic (exact) mass is 263 g/mol. The maximum absolute atomic E-state index is 12.6. The molecule has 0 aromatic carbocycles. The minimum atomic E-state index is -0.752. The number of allylic oxidation sites excluding steroid dienone is 2. The lowest BCUT2D eigenvalue weighted by Crippen LogP contribution is -2.40. The van der Waals surface area contributed by atoms with E-state index in [1.54, 1.807) is 4.90 Å². The Morgan fingerprint density at radius 1 is 1.37 bits per heavy atom. The zero-order valence-electron chi connectivity index (χ0n) is 11.3. The molecular formula is C15H21NO3. The molecule has 19 heavy (non-hydrogen) atoms. The van der Waals surface area contributed by atoms with Gasteiger partial charge in [-0.2, -0.15) is 0 Å². The van der Waals surface area contributed by atoms with Gasteiger partial charge in [-0.1, -0.05) is 19.1 Å². The molecular weight excluding hydrogens is 242 g/mol. The van der Waals surface area contributed by atoms with Gasteiger partial charge >= 0.3 is 5.97 Å². The topological polar surface area (TPSA) is 57.6 Å². The summed E-state index contributed by atoms with van der Waals surface area (Å²) in [5.41, 5.74) is -0.705. The Morgan fingerprint density at radius 2 is 2.16 bits per heavy atom. The number of hydrogen-bond donors (Lipinski definition) is 1. The highest BCUT2D eigenvalue weighted by molar-refractivity contribution is 5.83. The molecule has 2 fully saturated rings. The first-order valence-corrected chi connectivity index (χ1v) is 7.26. The minimum absolute atomic E-state index is 0.108. The number of carboxylic acid groups (broad SMARTS) is 1. The predicted octanol–water partition coefficient (Wildman–Crippen LogP) is 1.91. The lowest BCUT2D eigenvalue weighted by atomic mass is 9.84. The van der Waals surface area contributed by atoms with Crippen molar-refractivity contribution in [2.24, 2.45) is 23.2 Å². The van der Waals surface area contributed by atoms with Crippen LogP contribution in [0, 0.1) is 23.2 Å². The number of fused-ring (bicyclic) bond motifs is 2. The van der Waals surface area contributed by atoms with E-state index in [-0.39, 0.29) is 11.8 Å². The van der Waals surface area contributed by atoms with E-state index in [1.807, 2.05) is 6.92 Å². The summed E-state index contributed by atoms with van der Waals surface area (Å²) in [6, 6.07) is 0. The van der Waals surface area contributed by atoms with E-state index >= 15 is 0 Å². The Labute approximate surface area is 113 Å². The number of carbonyl (C=O) groups excluding carboxylic acids is 1. The van der Waals surface area contributed by atoms with E-state index in [1.165, 1.54) is 0 Å². The van der Waals surface area contributed by atoms with Gasteiger partial charge in [0.2, 0.25) is 5.91 Å². The smallest absolute Gasteiger partial charge is 0.311 e. The highest BCUT2D eigenvalue weighted by Crippen LogP contribution is 2.45. The number of nitrogens with zero attached hydrogens (tertiary/aromatic N) is 1. The van der Waals surface area contributed by atoms with Crippen LogP contribution in [0.25, 0.3) is 0 Å². The van der Waals surface area contributed by atoms with Gasteiger partial charge in [-0.3, -0.25) is 9.59 Å². The second-order valence-corrected chi connectivity index (χ2v) is 6.34. The van der Waals surface area contributed by atoms with Crippen molar-refractivity contribution < 1.29 is 14.7 Å². The number of likely N-dealkylation sites (tertiary alicyclic amines) is 1. The fourth-order valence-corrected chi connectivity index (χ4v) is 3.97. The molecule has 4 atom stereocenters. The molecule has 3 aliphatic rings. The molecule has 1 heterocycles. The number of hydrogen-bond acceptors (Lipinski definition) is 2. The molecule has 3 rings (SSSR count). The van der Waals surface area contributed by atoms with Gasteiger partial charge in [0, 0.05) is 19.0 Å². The first-order valence-electron chi connectivity index (χ1n) is 7.26. The fraction of sp³-hybridized carbons (Fsp3) is 0.733. The third kappa shape index (κ3) is 1.88. The van der Waals surface area contributed by atoms with Crippen LogP contribution in [-0.4, -0.2) is 35.0 Å². The molecule has 4 unspecified atom stereocenters. The van der Waals surface area contributed by atoms with Gasteiger partial charge in [-0.25, -0.2) is 0 Å². The summed E-state index contributed by atoms with van der Waals surface area (Å²) in [5, 5.41) is 9.38. The van der Waals surface area contributed by atoms with Crippen LogP contribution in [0.4, 0.5) is 0 Å². The lowest BCUT2D eigenvalue weighted by Gasteiger charge is -2.27. The van der Waals surface area contributed by atoms with Crippen LogP contribution in [0.3, 0.4) is 0 Å². The van der Waals surface area contributed by atoms with E-state index in [0.717, 1.165) is 12.8 Å². The second-order valence-electron chi connectivity index (χ2n) is 6.34. The Kier molecular flexibility index (Phi) is 2.91. The van der Waals surface area contributed by atoms with E-state index < -0.39 is 11.4 Å². The summed E-state index contributed by atoms with van der Waals surface area (Å²) < 4.78 is 0. The summed E-state index contributed by atoms with van der Waals surface area (Å²) in [4.78, 5) is 25.8. The number of carbonyl (C=O) groups is 2. The van der Waals surface area contributed by atoms with Gasteiger partial charge < -0.3 is 10.0 Å². The summed E-state index contributed by atoms with van der Waals surface area (Å²) in [7, 11) is 0. The quantitative estimate of drug-likeness (QED) is 0.791. The first kappa shape index (κ1) is 12.7. The van der Waals surface area contributed by atoms with Crippen molar-refractivity contribution in [2.75, 3.05) is 13.1 Å². The van der Waals surface area contributed by atoms with Crippen molar-refractivity contribution in [1.29, 1.82) is 0 Å². The van der Waals surface area contributed by atoms with Crippen molar-refractivity contribution in [3.63, 3.8) is 0 Å². The largest absolute Gasteiger partial charge is 0.481 e. The van der Waals surface area contributed by atoms with Gasteiger partial charge in [0.15, 0.2) is 0 Å². The molecule has 1 amide bonds. The third-order valence-corrected chi connectivity index (χ3v) is 5.39. The molecule has 1 saturated heterocycles. The number of rotatable bonds is 3. The van der Waals surface area contributed by atoms with E-state index in [0.29, 0.717) is 37.8 Å². The highest BCUT2D eigenvalue weighted by atomic mass is 16.4. The van der Waals surface area contributed by atoms with Gasteiger partial charge in [-0.05, 0) is 37.5 Å². The molecule has 104 valence electrons. The average molecular weight is 263 g/mol. The van der Waals surface area contributed by atoms with Gasteiger partial charge in [0.25, 0.3) is 0 Å². The SMILES string of the molecule is CCC1(C(=O)O)CCN(C(=O)C2CC3C=CC2C3)C1. The average Bonchev–Trinajstić information content (AvgIpc) is 3.12. The van der Waals surface area contributed by atoms with E-state index in [4.69, 9.17) is 0 Å². The maximum Gasteiger partial charge on any atom is 0.311 e. The first-order chi connectivity index (χ1) is 9.05. The minimum Gasteiger partial charge on any atom is -0.481 e. The van der Waals surface area contributed by atoms with Gasteiger partial charge in [-0.15, -0.1) is 0 Å². The Hall–Kier alpha value is -1.32. The molecule has 1 N–H and O–H groups in total. The number of aliphatic carboxylic acids is 1. The number of carboxylic acids is 1. The van der Waals surface area contributed by atoms with Crippen LogP contribution in [0.2, 0.25) is 0 Å². The molecule has 0 spiro atoms. The second kappa shape index (κ2) is 4.36. The van der Waals surface area contributed by atoms with Crippen LogP contribution in [0.5, 0.6) is 0 Å². The highest BCUT2D eigenvalue weighted by Gasteiger charge is 2.48. The van der Waals surface area contributed by atoms with Crippen molar-refractivity contribution >= 4 is 11.9 Å². The van der Waals surface area contributed by atoms with E-state index in [9.17, 15) is 14.7 Å². The van der Waals surface area contributed by atoms with E-state index in [2.05, 4.69) is 12.2 Å². The Morgan fingerprint density at radius 3 is 2.63 bits per heavy atom. The zero-order valence-corrected chi connectivity index (χ0v) is 11.3. The fourth-order valence-electron chi connectivity index (χ4n) is 3.97. The zero-order chi connectivity index (χ0) is 13.6. The van der Waals surface area contributed by atoms with Crippen molar-refractivity contribution in [3.05, 3.63) is 12.2 Å². The molecule has 2 aliphatic carbocycles. The normalized spacial score (nSPS) is 40.1.